The van der Waals surface area contributed by atoms with E-state index in [2.05, 4.69) is 10.6 Å². The molecule has 2 aromatic rings. The minimum atomic E-state index is -0.741. The van der Waals surface area contributed by atoms with Crippen LogP contribution in [0.3, 0.4) is 0 Å². The molecule has 2 aromatic carbocycles. The van der Waals surface area contributed by atoms with Crippen LogP contribution in [0.1, 0.15) is 23.0 Å². The Morgan fingerprint density at radius 3 is 2.35 bits per heavy atom. The van der Waals surface area contributed by atoms with Crippen molar-refractivity contribution in [3.63, 3.8) is 0 Å². The van der Waals surface area contributed by atoms with Crippen molar-refractivity contribution in [1.82, 2.24) is 0 Å². The second-order valence-electron chi connectivity index (χ2n) is 5.26. The van der Waals surface area contributed by atoms with E-state index in [-0.39, 0.29) is 17.7 Å². The first-order valence-electron chi connectivity index (χ1n) is 6.69. The first kappa shape index (κ1) is 11.5. The number of carbonyl (C=O) groups is 1. The number of benzene rings is 2. The molecular formula is C16H14N2O2. The smallest absolute Gasteiger partial charge is 0.232 e. The second-order valence-corrected chi connectivity index (χ2v) is 5.26. The highest BCUT2D eigenvalue weighted by molar-refractivity contribution is 6.04. The lowest BCUT2D eigenvalue weighted by atomic mass is 9.82. The van der Waals surface area contributed by atoms with E-state index in [0.29, 0.717) is 0 Å². The summed E-state index contributed by atoms with van der Waals surface area (Å²) in [6.45, 7) is 0. The van der Waals surface area contributed by atoms with Gasteiger partial charge in [0.15, 0.2) is 0 Å². The minimum absolute atomic E-state index is 0.0475. The van der Waals surface area contributed by atoms with E-state index in [1.54, 1.807) is 0 Å². The quantitative estimate of drug-likeness (QED) is 0.742. The number of aliphatic hydroxyl groups is 1. The third-order valence-electron chi connectivity index (χ3n) is 4.16. The minimum Gasteiger partial charge on any atom is -0.373 e. The van der Waals surface area contributed by atoms with E-state index in [4.69, 9.17) is 0 Å². The molecule has 1 amide bonds. The van der Waals surface area contributed by atoms with E-state index in [1.165, 1.54) is 0 Å². The van der Waals surface area contributed by atoms with Gasteiger partial charge in [-0.3, -0.25) is 4.79 Å². The van der Waals surface area contributed by atoms with Crippen molar-refractivity contribution in [3.05, 3.63) is 59.7 Å². The zero-order valence-corrected chi connectivity index (χ0v) is 10.7. The molecule has 4 heteroatoms. The number of fused-ring (bicyclic) bond motifs is 2. The Kier molecular flexibility index (Phi) is 2.35. The number of anilines is 2. The molecule has 0 spiro atoms. The topological polar surface area (TPSA) is 61.4 Å². The SMILES string of the molecule is O=C1Nc2ccccc2C1C1c2ccccc2NC1O. The summed E-state index contributed by atoms with van der Waals surface area (Å²) < 4.78 is 0. The summed E-state index contributed by atoms with van der Waals surface area (Å²) in [5.74, 6) is -0.652. The summed E-state index contributed by atoms with van der Waals surface area (Å²) in [4.78, 5) is 12.3. The first-order valence-corrected chi connectivity index (χ1v) is 6.69. The van der Waals surface area contributed by atoms with Crippen molar-refractivity contribution in [2.45, 2.75) is 18.1 Å². The van der Waals surface area contributed by atoms with Gasteiger partial charge in [0.1, 0.15) is 6.23 Å². The predicted molar refractivity (Wildman–Crippen MR) is 76.6 cm³/mol. The van der Waals surface area contributed by atoms with Gasteiger partial charge in [0.25, 0.3) is 0 Å². The molecule has 0 radical (unpaired) electrons. The maximum atomic E-state index is 12.3. The van der Waals surface area contributed by atoms with Crippen LogP contribution in [0.4, 0.5) is 11.4 Å². The molecule has 3 N–H and O–H groups in total. The zero-order valence-electron chi connectivity index (χ0n) is 10.7. The number of amides is 1. The van der Waals surface area contributed by atoms with Crippen LogP contribution >= 0.6 is 0 Å². The lowest BCUT2D eigenvalue weighted by molar-refractivity contribution is -0.118. The van der Waals surface area contributed by atoms with Crippen molar-refractivity contribution in [3.8, 4) is 0 Å². The van der Waals surface area contributed by atoms with Gasteiger partial charge in [-0.25, -0.2) is 0 Å². The molecule has 4 rings (SSSR count). The van der Waals surface area contributed by atoms with Crippen LogP contribution in [0.15, 0.2) is 48.5 Å². The molecule has 0 bridgehead atoms. The van der Waals surface area contributed by atoms with Crippen LogP contribution in [-0.4, -0.2) is 17.2 Å². The van der Waals surface area contributed by atoms with Gasteiger partial charge < -0.3 is 15.7 Å². The molecule has 3 atom stereocenters. The van der Waals surface area contributed by atoms with Gasteiger partial charge in [0, 0.05) is 17.3 Å². The molecule has 2 aliphatic heterocycles. The fourth-order valence-electron chi connectivity index (χ4n) is 3.29. The highest BCUT2D eigenvalue weighted by Gasteiger charge is 2.44. The Bertz CT molecular complexity index is 698. The van der Waals surface area contributed by atoms with Crippen LogP contribution in [0.2, 0.25) is 0 Å². The average molecular weight is 266 g/mol. The lowest BCUT2D eigenvalue weighted by Gasteiger charge is -2.21. The monoisotopic (exact) mass is 266 g/mol. The third-order valence-corrected chi connectivity index (χ3v) is 4.16. The number of aliphatic hydroxyl groups excluding tert-OH is 1. The summed E-state index contributed by atoms with van der Waals surface area (Å²) in [6.07, 6.45) is -0.741. The number of carbonyl (C=O) groups excluding carboxylic acids is 1. The molecule has 0 saturated heterocycles. The highest BCUT2D eigenvalue weighted by atomic mass is 16.3. The zero-order chi connectivity index (χ0) is 13.7. The van der Waals surface area contributed by atoms with Gasteiger partial charge >= 0.3 is 0 Å². The van der Waals surface area contributed by atoms with Gasteiger partial charge in [-0.05, 0) is 23.3 Å². The highest BCUT2D eigenvalue weighted by Crippen LogP contribution is 2.48. The van der Waals surface area contributed by atoms with Gasteiger partial charge in [0.05, 0.1) is 5.92 Å². The molecule has 2 heterocycles. The van der Waals surface area contributed by atoms with Crippen LogP contribution in [0.25, 0.3) is 0 Å². The largest absolute Gasteiger partial charge is 0.373 e. The Morgan fingerprint density at radius 1 is 0.900 bits per heavy atom. The summed E-state index contributed by atoms with van der Waals surface area (Å²) >= 11 is 0. The maximum absolute atomic E-state index is 12.3. The number of para-hydroxylation sites is 2. The Hall–Kier alpha value is -2.33. The normalized spacial score (nSPS) is 26.6. The second kappa shape index (κ2) is 4.08. The van der Waals surface area contributed by atoms with Gasteiger partial charge in [-0.15, -0.1) is 0 Å². The Balaban J connectivity index is 1.84. The number of rotatable bonds is 1. The first-order chi connectivity index (χ1) is 9.75. The van der Waals surface area contributed by atoms with E-state index in [0.717, 1.165) is 22.5 Å². The number of nitrogens with one attached hydrogen (secondary N) is 2. The van der Waals surface area contributed by atoms with Gasteiger partial charge in [-0.1, -0.05) is 36.4 Å². The van der Waals surface area contributed by atoms with Gasteiger partial charge in [-0.2, -0.15) is 0 Å². The predicted octanol–water partition coefficient (Wildman–Crippen LogP) is 2.25. The Labute approximate surface area is 116 Å². The molecule has 3 unspecified atom stereocenters. The molecule has 0 fully saturated rings. The van der Waals surface area contributed by atoms with Crippen molar-refractivity contribution < 1.29 is 9.90 Å². The fourth-order valence-corrected chi connectivity index (χ4v) is 3.29. The number of hydrogen-bond acceptors (Lipinski definition) is 3. The van der Waals surface area contributed by atoms with Crippen molar-refractivity contribution in [1.29, 1.82) is 0 Å². The van der Waals surface area contributed by atoms with E-state index in [1.807, 2.05) is 48.5 Å². The molecular weight excluding hydrogens is 252 g/mol. The van der Waals surface area contributed by atoms with Crippen LogP contribution < -0.4 is 10.6 Å². The standard InChI is InChI=1S/C16H14N2O2/c19-15-13(9-5-1-3-7-11(9)17-15)14-10-6-2-4-8-12(10)18-16(14)20/h1-8,13-15,17,19H,(H,18,20). The molecule has 0 aliphatic carbocycles. The molecule has 4 nitrogen and oxygen atoms in total. The van der Waals surface area contributed by atoms with Crippen LogP contribution in [-0.2, 0) is 4.79 Å². The summed E-state index contributed by atoms with van der Waals surface area (Å²) in [7, 11) is 0. The molecule has 20 heavy (non-hydrogen) atoms. The van der Waals surface area contributed by atoms with E-state index >= 15 is 0 Å². The van der Waals surface area contributed by atoms with Crippen molar-refractivity contribution >= 4 is 17.3 Å². The van der Waals surface area contributed by atoms with Crippen molar-refractivity contribution in [2.75, 3.05) is 10.6 Å². The Morgan fingerprint density at radius 2 is 1.55 bits per heavy atom. The molecule has 2 aliphatic rings. The van der Waals surface area contributed by atoms with E-state index in [9.17, 15) is 9.90 Å². The van der Waals surface area contributed by atoms with Crippen LogP contribution in [0.5, 0.6) is 0 Å². The maximum Gasteiger partial charge on any atom is 0.232 e. The average Bonchev–Trinajstić information content (AvgIpc) is 2.94. The molecule has 100 valence electrons. The number of hydrogen-bond donors (Lipinski definition) is 3. The summed E-state index contributed by atoms with van der Waals surface area (Å²) in [5, 5.41) is 16.3. The fraction of sp³-hybridized carbons (Fsp3) is 0.188. The lowest BCUT2D eigenvalue weighted by Crippen LogP contribution is -2.28. The third kappa shape index (κ3) is 1.48. The van der Waals surface area contributed by atoms with Gasteiger partial charge in [0.2, 0.25) is 5.91 Å². The van der Waals surface area contributed by atoms with E-state index < -0.39 is 6.23 Å². The summed E-state index contributed by atoms with van der Waals surface area (Å²) in [6, 6.07) is 15.4. The van der Waals surface area contributed by atoms with Crippen molar-refractivity contribution in [2.24, 2.45) is 0 Å². The molecule has 0 saturated carbocycles. The molecule has 0 aromatic heterocycles. The summed E-state index contributed by atoms with van der Waals surface area (Å²) in [5.41, 5.74) is 3.71. The van der Waals surface area contributed by atoms with Crippen LogP contribution in [0, 0.1) is 0 Å².